The summed E-state index contributed by atoms with van der Waals surface area (Å²) in [7, 11) is 3.82. The van der Waals surface area contributed by atoms with Gasteiger partial charge in [0.05, 0.1) is 36.7 Å². The highest BCUT2D eigenvalue weighted by Crippen LogP contribution is 2.36. The van der Waals surface area contributed by atoms with Crippen molar-refractivity contribution in [2.24, 2.45) is 0 Å². The molecule has 0 bridgehead atoms. The molecule has 8 heteroatoms. The highest BCUT2D eigenvalue weighted by Gasteiger charge is 2.33. The lowest BCUT2D eigenvalue weighted by molar-refractivity contribution is -0.131. The van der Waals surface area contributed by atoms with Crippen LogP contribution in [-0.2, 0) is 11.2 Å². The first-order valence-electron chi connectivity index (χ1n) is 10.6. The maximum absolute atomic E-state index is 13.2. The predicted octanol–water partition coefficient (Wildman–Crippen LogP) is 3.24. The van der Waals surface area contributed by atoms with E-state index in [0.717, 1.165) is 47.7 Å². The van der Waals surface area contributed by atoms with Crippen molar-refractivity contribution < 1.29 is 9.53 Å². The number of nitrogens with one attached hydrogen (secondary N) is 1. The molecule has 1 aromatic carbocycles. The fourth-order valence-corrected chi connectivity index (χ4v) is 3.98. The normalized spacial score (nSPS) is 15.8. The number of hydrogen-bond acceptors (Lipinski definition) is 6. The molecule has 0 saturated carbocycles. The third kappa shape index (κ3) is 4.52. The maximum atomic E-state index is 13.2. The third-order valence-electron chi connectivity index (χ3n) is 5.48. The molecule has 162 valence electrons. The van der Waals surface area contributed by atoms with Gasteiger partial charge in [0.25, 0.3) is 0 Å². The van der Waals surface area contributed by atoms with Crippen molar-refractivity contribution in [1.82, 2.24) is 25.1 Å². The van der Waals surface area contributed by atoms with Crippen LogP contribution in [0.4, 0.5) is 5.95 Å². The Morgan fingerprint density at radius 3 is 2.81 bits per heavy atom. The summed E-state index contributed by atoms with van der Waals surface area (Å²) in [4.78, 5) is 25.9. The molecule has 1 atom stereocenters. The highest BCUT2D eigenvalue weighted by molar-refractivity contribution is 5.80. The van der Waals surface area contributed by atoms with Gasteiger partial charge in [-0.15, -0.1) is 0 Å². The monoisotopic (exact) mass is 420 g/mol. The van der Waals surface area contributed by atoms with E-state index < -0.39 is 0 Å². The van der Waals surface area contributed by atoms with E-state index >= 15 is 0 Å². The van der Waals surface area contributed by atoms with Crippen molar-refractivity contribution in [3.05, 3.63) is 54.0 Å². The predicted molar refractivity (Wildman–Crippen MR) is 119 cm³/mol. The minimum absolute atomic E-state index is 0.0366. The second-order valence-electron chi connectivity index (χ2n) is 7.83. The SMILES string of the molecule is CCOc1ccc(CC(=O)N2CCCC2c2[nH]ncc2-c2ccnc(N(C)C)n2)cc1. The minimum Gasteiger partial charge on any atom is -0.494 e. The van der Waals surface area contributed by atoms with Gasteiger partial charge < -0.3 is 14.5 Å². The van der Waals surface area contributed by atoms with Crippen LogP contribution >= 0.6 is 0 Å². The second kappa shape index (κ2) is 9.16. The highest BCUT2D eigenvalue weighted by atomic mass is 16.5. The number of hydrogen-bond donors (Lipinski definition) is 1. The summed E-state index contributed by atoms with van der Waals surface area (Å²) in [6.07, 6.45) is 5.76. The Kier molecular flexibility index (Phi) is 6.16. The molecule has 0 spiro atoms. The second-order valence-corrected chi connectivity index (χ2v) is 7.83. The molecule has 8 nitrogen and oxygen atoms in total. The van der Waals surface area contributed by atoms with Gasteiger partial charge >= 0.3 is 0 Å². The van der Waals surface area contributed by atoms with E-state index in [2.05, 4.69) is 20.2 Å². The number of aromatic nitrogens is 4. The summed E-state index contributed by atoms with van der Waals surface area (Å²) in [5.74, 6) is 1.57. The molecular formula is C23H28N6O2. The molecule has 1 aliphatic heterocycles. The van der Waals surface area contributed by atoms with Crippen molar-refractivity contribution >= 4 is 11.9 Å². The number of carbonyl (C=O) groups excluding carboxylic acids is 1. The first-order valence-corrected chi connectivity index (χ1v) is 10.6. The third-order valence-corrected chi connectivity index (χ3v) is 5.48. The molecule has 1 aliphatic rings. The number of benzene rings is 1. The number of aromatic amines is 1. The van der Waals surface area contributed by atoms with E-state index in [1.807, 2.05) is 61.2 Å². The van der Waals surface area contributed by atoms with Crippen LogP contribution in [0.3, 0.4) is 0 Å². The Labute approximate surface area is 182 Å². The summed E-state index contributed by atoms with van der Waals surface area (Å²) in [5, 5.41) is 7.40. The summed E-state index contributed by atoms with van der Waals surface area (Å²) in [6, 6.07) is 9.59. The van der Waals surface area contributed by atoms with Crippen molar-refractivity contribution in [2.45, 2.75) is 32.2 Å². The summed E-state index contributed by atoms with van der Waals surface area (Å²) in [6.45, 7) is 3.33. The lowest BCUT2D eigenvalue weighted by Gasteiger charge is -2.25. The number of H-pyrrole nitrogens is 1. The Morgan fingerprint density at radius 2 is 2.06 bits per heavy atom. The van der Waals surface area contributed by atoms with Gasteiger partial charge in [-0.1, -0.05) is 12.1 Å². The molecule has 1 fully saturated rings. The summed E-state index contributed by atoms with van der Waals surface area (Å²) >= 11 is 0. The van der Waals surface area contributed by atoms with Crippen molar-refractivity contribution in [3.8, 4) is 17.0 Å². The number of anilines is 1. The van der Waals surface area contributed by atoms with Crippen LogP contribution < -0.4 is 9.64 Å². The molecule has 0 aliphatic carbocycles. The summed E-state index contributed by atoms with van der Waals surface area (Å²) in [5.41, 5.74) is 3.63. The van der Waals surface area contributed by atoms with E-state index in [9.17, 15) is 4.79 Å². The maximum Gasteiger partial charge on any atom is 0.227 e. The zero-order valence-corrected chi connectivity index (χ0v) is 18.2. The molecule has 3 aromatic rings. The van der Waals surface area contributed by atoms with Crippen LogP contribution in [0.1, 0.15) is 37.1 Å². The largest absolute Gasteiger partial charge is 0.494 e. The topological polar surface area (TPSA) is 87.2 Å². The number of carbonyl (C=O) groups is 1. The van der Waals surface area contributed by atoms with E-state index in [1.54, 1.807) is 12.4 Å². The number of likely N-dealkylation sites (tertiary alicyclic amines) is 1. The number of rotatable bonds is 7. The lowest BCUT2D eigenvalue weighted by Crippen LogP contribution is -2.32. The Morgan fingerprint density at radius 1 is 1.26 bits per heavy atom. The average Bonchev–Trinajstić information content (AvgIpc) is 3.44. The van der Waals surface area contributed by atoms with Crippen LogP contribution in [-0.4, -0.2) is 58.2 Å². The minimum atomic E-state index is -0.0366. The zero-order valence-electron chi connectivity index (χ0n) is 18.2. The van der Waals surface area contributed by atoms with Gasteiger partial charge in [0.15, 0.2) is 0 Å². The van der Waals surface area contributed by atoms with E-state index in [-0.39, 0.29) is 11.9 Å². The van der Waals surface area contributed by atoms with E-state index in [4.69, 9.17) is 4.74 Å². The van der Waals surface area contributed by atoms with Crippen LogP contribution in [0.2, 0.25) is 0 Å². The molecule has 0 radical (unpaired) electrons. The molecule has 1 N–H and O–H groups in total. The fourth-order valence-electron chi connectivity index (χ4n) is 3.98. The lowest BCUT2D eigenvalue weighted by atomic mass is 10.0. The fraction of sp³-hybridized carbons (Fsp3) is 0.391. The first-order chi connectivity index (χ1) is 15.1. The van der Waals surface area contributed by atoms with Crippen molar-refractivity contribution in [2.75, 3.05) is 32.1 Å². The first kappa shape index (κ1) is 20.8. The van der Waals surface area contributed by atoms with Gasteiger partial charge in [-0.3, -0.25) is 9.89 Å². The number of nitrogens with zero attached hydrogens (tertiary/aromatic N) is 5. The van der Waals surface area contributed by atoms with Crippen LogP contribution in [0, 0.1) is 0 Å². The quantitative estimate of drug-likeness (QED) is 0.631. The average molecular weight is 421 g/mol. The molecule has 1 amide bonds. The number of ether oxygens (including phenoxy) is 1. The molecule has 3 heterocycles. The van der Waals surface area contributed by atoms with E-state index in [0.29, 0.717) is 19.0 Å². The van der Waals surface area contributed by atoms with Gasteiger partial charge in [-0.2, -0.15) is 5.10 Å². The molecular weight excluding hydrogens is 392 g/mol. The van der Waals surface area contributed by atoms with Crippen LogP contribution in [0.15, 0.2) is 42.7 Å². The van der Waals surface area contributed by atoms with Gasteiger partial charge in [-0.25, -0.2) is 9.97 Å². The van der Waals surface area contributed by atoms with Crippen LogP contribution in [0.5, 0.6) is 5.75 Å². The Bertz CT molecular complexity index is 1030. The standard InChI is InChI=1S/C23H28N6O2/c1-4-31-17-9-7-16(8-10-17)14-21(30)29-13-5-6-20(29)22-18(15-25-27-22)19-11-12-24-23(26-19)28(2)3/h7-12,15,20H,4-6,13-14H2,1-3H3,(H,25,27). The Balaban J connectivity index is 1.53. The van der Waals surface area contributed by atoms with Gasteiger partial charge in [-0.05, 0) is 43.5 Å². The van der Waals surface area contributed by atoms with Crippen LogP contribution in [0.25, 0.3) is 11.3 Å². The Hall–Kier alpha value is -3.42. The molecule has 1 unspecified atom stereocenters. The van der Waals surface area contributed by atoms with Crippen molar-refractivity contribution in [1.29, 1.82) is 0 Å². The zero-order chi connectivity index (χ0) is 21.8. The van der Waals surface area contributed by atoms with Gasteiger partial charge in [0.2, 0.25) is 11.9 Å². The van der Waals surface area contributed by atoms with Crippen molar-refractivity contribution in [3.63, 3.8) is 0 Å². The summed E-state index contributed by atoms with van der Waals surface area (Å²) < 4.78 is 5.49. The van der Waals surface area contributed by atoms with Gasteiger partial charge in [0.1, 0.15) is 5.75 Å². The molecule has 1 saturated heterocycles. The van der Waals surface area contributed by atoms with E-state index in [1.165, 1.54) is 0 Å². The van der Waals surface area contributed by atoms with Gasteiger partial charge in [0, 0.05) is 32.4 Å². The number of amides is 1. The molecule has 31 heavy (non-hydrogen) atoms. The molecule has 4 rings (SSSR count). The smallest absolute Gasteiger partial charge is 0.227 e. The molecule has 2 aromatic heterocycles.